The molecule has 128 valence electrons. The Hall–Kier alpha value is -1.32. The summed E-state index contributed by atoms with van der Waals surface area (Å²) in [6, 6.07) is 3.38. The maximum atomic E-state index is 10.4. The van der Waals surface area contributed by atoms with Crippen LogP contribution in [0.5, 0.6) is 5.75 Å². The number of benzene rings is 1. The van der Waals surface area contributed by atoms with Gasteiger partial charge in [-0.15, -0.1) is 0 Å². The Morgan fingerprint density at radius 1 is 1.26 bits per heavy atom. The molecule has 0 spiro atoms. The highest BCUT2D eigenvalue weighted by Crippen LogP contribution is 2.47. The fourth-order valence-corrected chi connectivity index (χ4v) is 3.83. The molecule has 0 saturated heterocycles. The van der Waals surface area contributed by atoms with Gasteiger partial charge in [0.25, 0.3) is 0 Å². The molecule has 23 heavy (non-hydrogen) atoms. The number of phenols is 1. The van der Waals surface area contributed by atoms with E-state index in [0.29, 0.717) is 23.3 Å². The molecule has 2 rings (SSSR count). The molecule has 1 aromatic rings. The highest BCUT2D eigenvalue weighted by Gasteiger charge is 2.31. The number of aliphatic hydroxyl groups is 2. The summed E-state index contributed by atoms with van der Waals surface area (Å²) in [7, 11) is 0. The van der Waals surface area contributed by atoms with E-state index in [-0.39, 0.29) is 5.75 Å². The van der Waals surface area contributed by atoms with Crippen molar-refractivity contribution in [2.24, 2.45) is 5.92 Å². The fraction of sp³-hybridized carbons (Fsp3) is 0.600. The Morgan fingerprint density at radius 3 is 2.57 bits per heavy atom. The first-order valence-electron chi connectivity index (χ1n) is 8.67. The third-order valence-electron chi connectivity index (χ3n) is 5.18. The summed E-state index contributed by atoms with van der Waals surface area (Å²) < 4.78 is 0. The van der Waals surface area contributed by atoms with E-state index in [2.05, 4.69) is 33.8 Å². The first-order chi connectivity index (χ1) is 10.8. The van der Waals surface area contributed by atoms with Crippen LogP contribution in [0, 0.1) is 5.92 Å². The summed E-state index contributed by atoms with van der Waals surface area (Å²) in [4.78, 5) is 0. The Labute approximate surface area is 139 Å². The van der Waals surface area contributed by atoms with Crippen molar-refractivity contribution in [1.82, 2.24) is 0 Å². The first kappa shape index (κ1) is 18.0. The van der Waals surface area contributed by atoms with Crippen LogP contribution < -0.4 is 0 Å². The van der Waals surface area contributed by atoms with E-state index < -0.39 is 6.29 Å². The van der Waals surface area contributed by atoms with Gasteiger partial charge in [0, 0.05) is 11.1 Å². The van der Waals surface area contributed by atoms with Crippen molar-refractivity contribution >= 4 is 0 Å². The lowest BCUT2D eigenvalue weighted by Crippen LogP contribution is -2.19. The van der Waals surface area contributed by atoms with Crippen LogP contribution in [-0.4, -0.2) is 15.3 Å². The molecule has 0 radical (unpaired) electrons. The highest BCUT2D eigenvalue weighted by molar-refractivity contribution is 5.48. The van der Waals surface area contributed by atoms with Crippen LogP contribution in [0.1, 0.15) is 88.2 Å². The van der Waals surface area contributed by atoms with Crippen molar-refractivity contribution in [1.29, 1.82) is 0 Å². The normalized spacial score (nSPS) is 21.9. The summed E-state index contributed by atoms with van der Waals surface area (Å²) in [5, 5.41) is 29.3. The van der Waals surface area contributed by atoms with Crippen molar-refractivity contribution in [2.45, 2.75) is 71.5 Å². The van der Waals surface area contributed by atoms with Crippen molar-refractivity contribution in [3.8, 4) is 5.75 Å². The Balaban J connectivity index is 2.31. The number of allylic oxidation sites excluding steroid dienone is 2. The molecule has 0 heterocycles. The standard InChI is InChI=1S/C20H30O3/c1-12(2)6-5-7-13(3)16-9-8-14(4)19-17(16)10-15(20(22)23)11-18(19)21/h6,10-11,13-14,16,20-23H,5,7-9H2,1-4H3/t13-,14+,16-/m0/s1. The van der Waals surface area contributed by atoms with Crippen LogP contribution in [-0.2, 0) is 0 Å². The van der Waals surface area contributed by atoms with Gasteiger partial charge in [0.15, 0.2) is 6.29 Å². The van der Waals surface area contributed by atoms with E-state index in [4.69, 9.17) is 0 Å². The van der Waals surface area contributed by atoms with Gasteiger partial charge in [0.2, 0.25) is 0 Å². The monoisotopic (exact) mass is 318 g/mol. The minimum atomic E-state index is -1.54. The van der Waals surface area contributed by atoms with Gasteiger partial charge >= 0.3 is 0 Å². The van der Waals surface area contributed by atoms with E-state index in [1.165, 1.54) is 11.6 Å². The molecule has 3 N–H and O–H groups in total. The molecule has 0 aliphatic heterocycles. The number of fused-ring (bicyclic) bond motifs is 1. The van der Waals surface area contributed by atoms with E-state index in [1.807, 2.05) is 6.07 Å². The van der Waals surface area contributed by atoms with Gasteiger partial charge in [0.05, 0.1) is 0 Å². The predicted molar refractivity (Wildman–Crippen MR) is 93.5 cm³/mol. The molecular weight excluding hydrogens is 288 g/mol. The average molecular weight is 318 g/mol. The van der Waals surface area contributed by atoms with Crippen LogP contribution >= 0.6 is 0 Å². The van der Waals surface area contributed by atoms with E-state index in [1.54, 1.807) is 0 Å². The van der Waals surface area contributed by atoms with Crippen LogP contribution in [0.4, 0.5) is 0 Å². The fourth-order valence-electron chi connectivity index (χ4n) is 3.83. The van der Waals surface area contributed by atoms with Gasteiger partial charge in [-0.1, -0.05) is 25.5 Å². The number of aliphatic hydroxyl groups excluding tert-OH is 1. The number of hydrogen-bond donors (Lipinski definition) is 3. The SMILES string of the molecule is CC(C)=CCC[C@H](C)[C@@H]1CC[C@@H](C)c2c(O)cc(C(O)O)cc21. The van der Waals surface area contributed by atoms with Gasteiger partial charge in [-0.2, -0.15) is 0 Å². The number of rotatable bonds is 5. The first-order valence-corrected chi connectivity index (χ1v) is 8.67. The van der Waals surface area contributed by atoms with E-state index in [0.717, 1.165) is 36.8 Å². The maximum absolute atomic E-state index is 10.4. The number of hydrogen-bond acceptors (Lipinski definition) is 3. The molecule has 0 unspecified atom stereocenters. The molecular formula is C20H30O3. The molecule has 0 bridgehead atoms. The lowest BCUT2D eigenvalue weighted by Gasteiger charge is -2.34. The van der Waals surface area contributed by atoms with Crippen molar-refractivity contribution in [3.05, 3.63) is 40.5 Å². The van der Waals surface area contributed by atoms with Gasteiger partial charge in [-0.05, 0) is 75.0 Å². The van der Waals surface area contributed by atoms with Crippen LogP contribution in [0.15, 0.2) is 23.8 Å². The van der Waals surface area contributed by atoms with Gasteiger partial charge in [0.1, 0.15) is 5.75 Å². The molecule has 0 saturated carbocycles. The quantitative estimate of drug-likeness (QED) is 0.543. The minimum Gasteiger partial charge on any atom is -0.508 e. The summed E-state index contributed by atoms with van der Waals surface area (Å²) in [6.45, 7) is 8.64. The third-order valence-corrected chi connectivity index (χ3v) is 5.18. The smallest absolute Gasteiger partial charge is 0.178 e. The molecule has 1 aliphatic rings. The zero-order valence-electron chi connectivity index (χ0n) is 14.7. The minimum absolute atomic E-state index is 0.208. The second-order valence-corrected chi connectivity index (χ2v) is 7.34. The molecule has 3 heteroatoms. The molecule has 3 atom stereocenters. The van der Waals surface area contributed by atoms with E-state index in [9.17, 15) is 15.3 Å². The zero-order valence-corrected chi connectivity index (χ0v) is 14.7. The highest BCUT2D eigenvalue weighted by atomic mass is 16.5. The summed E-state index contributed by atoms with van der Waals surface area (Å²) >= 11 is 0. The topological polar surface area (TPSA) is 60.7 Å². The second-order valence-electron chi connectivity index (χ2n) is 7.34. The number of aromatic hydroxyl groups is 1. The van der Waals surface area contributed by atoms with Crippen LogP contribution in [0.3, 0.4) is 0 Å². The molecule has 3 nitrogen and oxygen atoms in total. The third kappa shape index (κ3) is 4.15. The summed E-state index contributed by atoms with van der Waals surface area (Å²) in [5.74, 6) is 1.40. The summed E-state index contributed by atoms with van der Waals surface area (Å²) in [5.41, 5.74) is 3.84. The molecule has 0 aromatic heterocycles. The maximum Gasteiger partial charge on any atom is 0.178 e. The Morgan fingerprint density at radius 2 is 1.96 bits per heavy atom. The molecule has 0 amide bonds. The average Bonchev–Trinajstić information content (AvgIpc) is 2.46. The van der Waals surface area contributed by atoms with Gasteiger partial charge < -0.3 is 15.3 Å². The van der Waals surface area contributed by atoms with Gasteiger partial charge in [-0.3, -0.25) is 0 Å². The van der Waals surface area contributed by atoms with Crippen molar-refractivity contribution < 1.29 is 15.3 Å². The van der Waals surface area contributed by atoms with Gasteiger partial charge in [-0.25, -0.2) is 0 Å². The molecule has 1 aromatic carbocycles. The number of phenolic OH excluding ortho intramolecular Hbond substituents is 1. The van der Waals surface area contributed by atoms with E-state index >= 15 is 0 Å². The van der Waals surface area contributed by atoms with Crippen molar-refractivity contribution in [3.63, 3.8) is 0 Å². The zero-order chi connectivity index (χ0) is 17.1. The van der Waals surface area contributed by atoms with Crippen molar-refractivity contribution in [2.75, 3.05) is 0 Å². The Bertz CT molecular complexity index is 570. The molecule has 1 aliphatic carbocycles. The van der Waals surface area contributed by atoms with Crippen LogP contribution in [0.2, 0.25) is 0 Å². The Kier molecular flexibility index (Phi) is 5.88. The molecule has 0 fully saturated rings. The second kappa shape index (κ2) is 7.50. The lowest BCUT2D eigenvalue weighted by atomic mass is 9.71. The lowest BCUT2D eigenvalue weighted by molar-refractivity contribution is -0.0427. The predicted octanol–water partition coefficient (Wildman–Crippen LogP) is 4.74. The van der Waals surface area contributed by atoms with Crippen LogP contribution in [0.25, 0.3) is 0 Å². The largest absolute Gasteiger partial charge is 0.508 e. The summed E-state index contributed by atoms with van der Waals surface area (Å²) in [6.07, 6.45) is 5.07.